The quantitative estimate of drug-likeness (QED) is 0.713. The first-order chi connectivity index (χ1) is 10.5. The van der Waals surface area contributed by atoms with E-state index in [1.807, 2.05) is 0 Å². The monoisotopic (exact) mass is 299 g/mol. The minimum atomic E-state index is -0.854. The summed E-state index contributed by atoms with van der Waals surface area (Å²) in [6.45, 7) is 0. The highest BCUT2D eigenvalue weighted by molar-refractivity contribution is 6.11. The Morgan fingerprint density at radius 3 is 2.68 bits per heavy atom. The third-order valence-electron chi connectivity index (χ3n) is 3.18. The van der Waals surface area contributed by atoms with Crippen LogP contribution in [0.2, 0.25) is 0 Å². The van der Waals surface area contributed by atoms with E-state index in [-0.39, 0.29) is 11.4 Å². The number of anilines is 2. The van der Waals surface area contributed by atoms with Crippen LogP contribution in [-0.2, 0) is 0 Å². The number of carbonyl (C=O) groups is 1. The highest BCUT2D eigenvalue weighted by Gasteiger charge is 2.14. The molecule has 0 saturated carbocycles. The smallest absolute Gasteiger partial charge is 0.274 e. The van der Waals surface area contributed by atoms with Crippen LogP contribution in [0.4, 0.5) is 20.2 Å². The van der Waals surface area contributed by atoms with E-state index in [0.29, 0.717) is 17.1 Å². The first kappa shape index (κ1) is 13.9. The summed E-state index contributed by atoms with van der Waals surface area (Å²) in [4.78, 5) is 16.3. The van der Waals surface area contributed by atoms with Gasteiger partial charge in [0.1, 0.15) is 17.3 Å². The number of amides is 1. The van der Waals surface area contributed by atoms with Crippen molar-refractivity contribution in [2.24, 2.45) is 0 Å². The molecular weight excluding hydrogens is 288 g/mol. The normalized spacial score (nSPS) is 10.6. The molecule has 110 valence electrons. The van der Waals surface area contributed by atoms with Gasteiger partial charge in [-0.3, -0.25) is 9.78 Å². The minimum absolute atomic E-state index is 0.117. The Bertz CT molecular complexity index is 880. The molecular formula is C16H11F2N3O. The van der Waals surface area contributed by atoms with Crippen LogP contribution in [0, 0.1) is 11.6 Å². The van der Waals surface area contributed by atoms with Crippen molar-refractivity contribution in [1.29, 1.82) is 0 Å². The van der Waals surface area contributed by atoms with Gasteiger partial charge >= 0.3 is 0 Å². The predicted molar refractivity (Wildman–Crippen MR) is 80.5 cm³/mol. The highest BCUT2D eigenvalue weighted by atomic mass is 19.1. The molecule has 0 radical (unpaired) electrons. The molecule has 0 spiro atoms. The van der Waals surface area contributed by atoms with Gasteiger partial charge in [0, 0.05) is 23.3 Å². The van der Waals surface area contributed by atoms with Crippen LogP contribution in [0.25, 0.3) is 10.8 Å². The van der Waals surface area contributed by atoms with Gasteiger partial charge < -0.3 is 11.1 Å². The van der Waals surface area contributed by atoms with E-state index in [2.05, 4.69) is 10.3 Å². The van der Waals surface area contributed by atoms with Gasteiger partial charge in [-0.15, -0.1) is 0 Å². The topological polar surface area (TPSA) is 68.0 Å². The molecule has 0 aliphatic heterocycles. The summed E-state index contributed by atoms with van der Waals surface area (Å²) in [5.74, 6) is -2.17. The van der Waals surface area contributed by atoms with Crippen LogP contribution >= 0.6 is 0 Å². The van der Waals surface area contributed by atoms with Crippen LogP contribution in [0.15, 0.2) is 48.7 Å². The lowest BCUT2D eigenvalue weighted by Crippen LogP contribution is -2.15. The summed E-state index contributed by atoms with van der Waals surface area (Å²) < 4.78 is 26.5. The number of fused-ring (bicyclic) bond motifs is 1. The largest absolute Gasteiger partial charge is 0.399 e. The molecule has 0 saturated heterocycles. The Balaban J connectivity index is 2.00. The molecule has 0 unspecified atom stereocenters. The van der Waals surface area contributed by atoms with E-state index in [1.54, 1.807) is 24.3 Å². The lowest BCUT2D eigenvalue weighted by Gasteiger charge is -2.08. The number of benzene rings is 2. The third kappa shape index (κ3) is 2.58. The molecule has 1 heterocycles. The average Bonchev–Trinajstić information content (AvgIpc) is 2.49. The van der Waals surface area contributed by atoms with Gasteiger partial charge in [0.15, 0.2) is 0 Å². The Hall–Kier alpha value is -3.02. The number of nitrogens with zero attached hydrogens (tertiary/aromatic N) is 1. The number of nitrogens with two attached hydrogens (primary N) is 1. The molecule has 0 fully saturated rings. The van der Waals surface area contributed by atoms with Crippen molar-refractivity contribution in [3.8, 4) is 0 Å². The lowest BCUT2D eigenvalue weighted by atomic mass is 10.1. The SMILES string of the molecule is Nc1ccc2ccnc(C(=O)Nc3ccc(F)cc3F)c2c1. The second kappa shape index (κ2) is 5.40. The Morgan fingerprint density at radius 1 is 1.09 bits per heavy atom. The molecule has 22 heavy (non-hydrogen) atoms. The minimum Gasteiger partial charge on any atom is -0.399 e. The second-order valence-electron chi connectivity index (χ2n) is 4.72. The van der Waals surface area contributed by atoms with E-state index in [0.717, 1.165) is 17.5 Å². The van der Waals surface area contributed by atoms with Crippen molar-refractivity contribution in [3.63, 3.8) is 0 Å². The van der Waals surface area contributed by atoms with Crippen LogP contribution in [0.3, 0.4) is 0 Å². The summed E-state index contributed by atoms with van der Waals surface area (Å²) in [5, 5.41) is 3.73. The molecule has 0 atom stereocenters. The fourth-order valence-electron chi connectivity index (χ4n) is 2.14. The lowest BCUT2D eigenvalue weighted by molar-refractivity contribution is 0.102. The maximum atomic E-state index is 13.6. The van der Waals surface area contributed by atoms with Gasteiger partial charge in [-0.05, 0) is 35.7 Å². The Labute approximate surface area is 124 Å². The van der Waals surface area contributed by atoms with Crippen molar-refractivity contribution in [2.75, 3.05) is 11.1 Å². The summed E-state index contributed by atoms with van der Waals surface area (Å²) >= 11 is 0. The number of aromatic nitrogens is 1. The summed E-state index contributed by atoms with van der Waals surface area (Å²) in [6.07, 6.45) is 1.48. The van der Waals surface area contributed by atoms with Crippen LogP contribution in [-0.4, -0.2) is 10.9 Å². The number of nitrogens with one attached hydrogen (secondary N) is 1. The number of hydrogen-bond acceptors (Lipinski definition) is 3. The first-order valence-electron chi connectivity index (χ1n) is 6.45. The van der Waals surface area contributed by atoms with Crippen molar-refractivity contribution >= 4 is 28.1 Å². The van der Waals surface area contributed by atoms with Crippen LogP contribution in [0.1, 0.15) is 10.5 Å². The summed E-state index contributed by atoms with van der Waals surface area (Å²) in [7, 11) is 0. The van der Waals surface area contributed by atoms with Gasteiger partial charge in [-0.25, -0.2) is 8.78 Å². The Kier molecular flexibility index (Phi) is 3.42. The van der Waals surface area contributed by atoms with Gasteiger partial charge in [-0.1, -0.05) is 6.07 Å². The fraction of sp³-hybridized carbons (Fsp3) is 0. The molecule has 1 amide bonds. The second-order valence-corrected chi connectivity index (χ2v) is 4.72. The van der Waals surface area contributed by atoms with E-state index in [1.165, 1.54) is 6.20 Å². The van der Waals surface area contributed by atoms with Gasteiger partial charge in [-0.2, -0.15) is 0 Å². The maximum Gasteiger partial charge on any atom is 0.274 e. The molecule has 4 nitrogen and oxygen atoms in total. The zero-order chi connectivity index (χ0) is 15.7. The molecule has 6 heteroatoms. The number of nitrogen functional groups attached to an aromatic ring is 1. The van der Waals surface area contributed by atoms with E-state index in [4.69, 9.17) is 5.73 Å². The van der Waals surface area contributed by atoms with Crippen molar-refractivity contribution in [3.05, 3.63) is 66.0 Å². The number of halogens is 2. The number of carbonyl (C=O) groups excluding carboxylic acids is 1. The van der Waals surface area contributed by atoms with E-state index >= 15 is 0 Å². The summed E-state index contributed by atoms with van der Waals surface area (Å²) in [6, 6.07) is 9.76. The standard InChI is InChI=1S/C16H11F2N3O/c17-10-2-4-14(13(18)7-10)21-16(22)15-12-8-11(19)3-1-9(12)5-6-20-15/h1-8H,19H2,(H,21,22). The fourth-order valence-corrected chi connectivity index (χ4v) is 2.14. The number of rotatable bonds is 2. The molecule has 3 N–H and O–H groups in total. The highest BCUT2D eigenvalue weighted by Crippen LogP contribution is 2.22. The average molecular weight is 299 g/mol. The third-order valence-corrected chi connectivity index (χ3v) is 3.18. The van der Waals surface area contributed by atoms with E-state index in [9.17, 15) is 13.6 Å². The van der Waals surface area contributed by atoms with Crippen LogP contribution in [0.5, 0.6) is 0 Å². The maximum absolute atomic E-state index is 13.6. The predicted octanol–water partition coefficient (Wildman–Crippen LogP) is 3.35. The van der Waals surface area contributed by atoms with E-state index < -0.39 is 17.5 Å². The number of pyridine rings is 1. The van der Waals surface area contributed by atoms with Crippen molar-refractivity contribution in [2.45, 2.75) is 0 Å². The van der Waals surface area contributed by atoms with Crippen LogP contribution < -0.4 is 11.1 Å². The zero-order valence-electron chi connectivity index (χ0n) is 11.3. The molecule has 0 aliphatic rings. The molecule has 3 rings (SSSR count). The summed E-state index contributed by atoms with van der Waals surface area (Å²) in [5.41, 5.74) is 6.22. The molecule has 0 bridgehead atoms. The van der Waals surface area contributed by atoms with Gasteiger partial charge in [0.2, 0.25) is 0 Å². The van der Waals surface area contributed by atoms with Crippen molar-refractivity contribution in [1.82, 2.24) is 4.98 Å². The molecule has 2 aromatic carbocycles. The first-order valence-corrected chi connectivity index (χ1v) is 6.45. The Morgan fingerprint density at radius 2 is 1.91 bits per heavy atom. The zero-order valence-corrected chi connectivity index (χ0v) is 11.3. The molecule has 0 aliphatic carbocycles. The van der Waals surface area contributed by atoms with Crippen molar-refractivity contribution < 1.29 is 13.6 Å². The van der Waals surface area contributed by atoms with Gasteiger partial charge in [0.05, 0.1) is 5.69 Å². The molecule has 3 aromatic rings. The number of hydrogen-bond donors (Lipinski definition) is 2. The van der Waals surface area contributed by atoms with Gasteiger partial charge in [0.25, 0.3) is 5.91 Å². The molecule has 1 aromatic heterocycles.